The standard InChI is InChI=1S/C18H17N3O4S2/c1-9-10(2)27-18-16(9)17(23)20-14(21-18)6-26-7-15(22)19-11-3-4-12-13(5-11)25-8-24-12/h3-5H,6-8H2,1-2H3,(H,19,22)(H,20,21,23). The fourth-order valence-electron chi connectivity index (χ4n) is 2.78. The molecule has 0 radical (unpaired) electrons. The van der Waals surface area contributed by atoms with Crippen LogP contribution in [-0.2, 0) is 10.5 Å². The van der Waals surface area contributed by atoms with Crippen molar-refractivity contribution in [1.82, 2.24) is 9.97 Å². The van der Waals surface area contributed by atoms with Crippen LogP contribution in [0.15, 0.2) is 23.0 Å². The number of thiophene rings is 1. The predicted octanol–water partition coefficient (Wildman–Crippen LogP) is 3.20. The number of benzene rings is 1. The first-order chi connectivity index (χ1) is 13.0. The van der Waals surface area contributed by atoms with Crippen molar-refractivity contribution in [1.29, 1.82) is 0 Å². The largest absolute Gasteiger partial charge is 0.454 e. The van der Waals surface area contributed by atoms with Crippen molar-refractivity contribution in [3.05, 3.63) is 44.8 Å². The van der Waals surface area contributed by atoms with Gasteiger partial charge in [-0.05, 0) is 31.5 Å². The van der Waals surface area contributed by atoms with Gasteiger partial charge in [-0.3, -0.25) is 9.59 Å². The number of amides is 1. The molecular weight excluding hydrogens is 386 g/mol. The Morgan fingerprint density at radius 1 is 1.33 bits per heavy atom. The number of anilines is 1. The molecule has 0 aliphatic carbocycles. The minimum Gasteiger partial charge on any atom is -0.454 e. The Labute approximate surface area is 163 Å². The minimum atomic E-state index is -0.134. The second kappa shape index (κ2) is 7.24. The third kappa shape index (κ3) is 3.65. The van der Waals surface area contributed by atoms with Gasteiger partial charge in [0, 0.05) is 16.6 Å². The molecule has 1 amide bonds. The van der Waals surface area contributed by atoms with E-state index in [1.807, 2.05) is 13.8 Å². The number of aryl methyl sites for hydroxylation is 2. The molecule has 9 heteroatoms. The quantitative estimate of drug-likeness (QED) is 0.680. The molecule has 4 rings (SSSR count). The van der Waals surface area contributed by atoms with E-state index in [0.717, 1.165) is 15.3 Å². The van der Waals surface area contributed by atoms with Gasteiger partial charge in [0.15, 0.2) is 11.5 Å². The Bertz CT molecular complexity index is 1090. The van der Waals surface area contributed by atoms with E-state index >= 15 is 0 Å². The second-order valence-electron chi connectivity index (χ2n) is 6.09. The SMILES string of the molecule is Cc1sc2nc(CSCC(=O)Nc3ccc4c(c3)OCO4)[nH]c(=O)c2c1C. The Morgan fingerprint density at radius 2 is 2.15 bits per heavy atom. The van der Waals surface area contributed by atoms with Gasteiger partial charge in [0.05, 0.1) is 16.9 Å². The van der Waals surface area contributed by atoms with E-state index in [0.29, 0.717) is 34.1 Å². The van der Waals surface area contributed by atoms with Gasteiger partial charge < -0.3 is 19.8 Å². The monoisotopic (exact) mass is 403 g/mol. The van der Waals surface area contributed by atoms with Crippen molar-refractivity contribution in [2.75, 3.05) is 17.9 Å². The minimum absolute atomic E-state index is 0.123. The molecule has 3 heterocycles. The molecule has 0 spiro atoms. The Morgan fingerprint density at radius 3 is 3.00 bits per heavy atom. The number of fused-ring (bicyclic) bond motifs is 2. The van der Waals surface area contributed by atoms with Gasteiger partial charge in [0.2, 0.25) is 12.7 Å². The highest BCUT2D eigenvalue weighted by atomic mass is 32.2. The maximum atomic E-state index is 12.3. The molecule has 7 nitrogen and oxygen atoms in total. The normalized spacial score (nSPS) is 12.5. The zero-order valence-corrected chi connectivity index (χ0v) is 16.4. The van der Waals surface area contributed by atoms with E-state index < -0.39 is 0 Å². The number of hydrogen-bond donors (Lipinski definition) is 2. The van der Waals surface area contributed by atoms with E-state index in [2.05, 4.69) is 15.3 Å². The summed E-state index contributed by atoms with van der Waals surface area (Å²) in [7, 11) is 0. The molecule has 1 aliphatic rings. The Balaban J connectivity index is 1.36. The maximum absolute atomic E-state index is 12.3. The fraction of sp³-hybridized carbons (Fsp3) is 0.278. The van der Waals surface area contributed by atoms with Gasteiger partial charge in [-0.15, -0.1) is 23.1 Å². The summed E-state index contributed by atoms with van der Waals surface area (Å²) in [5.74, 6) is 2.44. The van der Waals surface area contributed by atoms with Crippen molar-refractivity contribution < 1.29 is 14.3 Å². The van der Waals surface area contributed by atoms with Crippen molar-refractivity contribution >= 4 is 44.9 Å². The average Bonchev–Trinajstić information content (AvgIpc) is 3.19. The lowest BCUT2D eigenvalue weighted by Crippen LogP contribution is -2.15. The highest BCUT2D eigenvalue weighted by molar-refractivity contribution is 7.99. The summed E-state index contributed by atoms with van der Waals surface area (Å²) in [6.07, 6.45) is 0. The number of aromatic amines is 1. The molecule has 2 aromatic heterocycles. The van der Waals surface area contributed by atoms with Crippen molar-refractivity contribution in [2.24, 2.45) is 0 Å². The molecule has 0 unspecified atom stereocenters. The van der Waals surface area contributed by atoms with Crippen LogP contribution in [0.3, 0.4) is 0 Å². The molecule has 0 bridgehead atoms. The zero-order valence-electron chi connectivity index (χ0n) is 14.8. The number of aromatic nitrogens is 2. The van der Waals surface area contributed by atoms with Crippen LogP contribution in [0.4, 0.5) is 5.69 Å². The van der Waals surface area contributed by atoms with Crippen LogP contribution in [0, 0.1) is 13.8 Å². The average molecular weight is 403 g/mol. The van der Waals surface area contributed by atoms with E-state index in [-0.39, 0.29) is 24.0 Å². The molecule has 2 N–H and O–H groups in total. The molecule has 1 aromatic carbocycles. The molecule has 3 aromatic rings. The van der Waals surface area contributed by atoms with E-state index in [9.17, 15) is 9.59 Å². The molecule has 27 heavy (non-hydrogen) atoms. The molecular formula is C18H17N3O4S2. The third-order valence-corrected chi connectivity index (χ3v) is 6.26. The van der Waals surface area contributed by atoms with Crippen LogP contribution in [-0.4, -0.2) is 28.4 Å². The first kappa shape index (κ1) is 17.9. The van der Waals surface area contributed by atoms with Gasteiger partial charge >= 0.3 is 0 Å². The van der Waals surface area contributed by atoms with Gasteiger partial charge in [0.1, 0.15) is 10.7 Å². The number of carbonyl (C=O) groups excluding carboxylic acids is 1. The first-order valence-corrected chi connectivity index (χ1v) is 10.2. The number of rotatable bonds is 5. The van der Waals surface area contributed by atoms with Gasteiger partial charge in [-0.25, -0.2) is 4.98 Å². The predicted molar refractivity (Wildman–Crippen MR) is 107 cm³/mol. The van der Waals surface area contributed by atoms with Crippen LogP contribution in [0.25, 0.3) is 10.2 Å². The van der Waals surface area contributed by atoms with Crippen LogP contribution in [0.5, 0.6) is 11.5 Å². The van der Waals surface area contributed by atoms with Gasteiger partial charge in [0.25, 0.3) is 5.56 Å². The van der Waals surface area contributed by atoms with Crippen molar-refractivity contribution in [3.8, 4) is 11.5 Å². The Kier molecular flexibility index (Phi) is 4.79. The summed E-state index contributed by atoms with van der Waals surface area (Å²) >= 11 is 2.91. The number of ether oxygens (including phenoxy) is 2. The number of nitrogens with one attached hydrogen (secondary N) is 2. The Hall–Kier alpha value is -2.52. The molecule has 0 saturated carbocycles. The molecule has 140 valence electrons. The molecule has 0 atom stereocenters. The van der Waals surface area contributed by atoms with Gasteiger partial charge in [-0.1, -0.05) is 0 Å². The number of H-pyrrole nitrogens is 1. The maximum Gasteiger partial charge on any atom is 0.259 e. The van der Waals surface area contributed by atoms with Crippen molar-refractivity contribution in [3.63, 3.8) is 0 Å². The highest BCUT2D eigenvalue weighted by Gasteiger charge is 2.15. The second-order valence-corrected chi connectivity index (χ2v) is 8.27. The van der Waals surface area contributed by atoms with Crippen molar-refractivity contribution in [2.45, 2.75) is 19.6 Å². The lowest BCUT2D eigenvalue weighted by molar-refractivity contribution is -0.113. The number of carbonyl (C=O) groups is 1. The summed E-state index contributed by atoms with van der Waals surface area (Å²) < 4.78 is 10.5. The fourth-order valence-corrected chi connectivity index (χ4v) is 4.52. The summed E-state index contributed by atoms with van der Waals surface area (Å²) in [5.41, 5.74) is 1.51. The third-order valence-electron chi connectivity index (χ3n) is 4.22. The molecule has 0 saturated heterocycles. The van der Waals surface area contributed by atoms with E-state index in [1.54, 1.807) is 18.2 Å². The summed E-state index contributed by atoms with van der Waals surface area (Å²) in [6.45, 7) is 4.11. The highest BCUT2D eigenvalue weighted by Crippen LogP contribution is 2.34. The lowest BCUT2D eigenvalue weighted by Gasteiger charge is -2.06. The molecule has 0 fully saturated rings. The van der Waals surface area contributed by atoms with Crippen LogP contribution in [0.2, 0.25) is 0 Å². The van der Waals surface area contributed by atoms with Crippen LogP contribution in [0.1, 0.15) is 16.3 Å². The van der Waals surface area contributed by atoms with Crippen LogP contribution < -0.4 is 20.3 Å². The summed E-state index contributed by atoms with van der Waals surface area (Å²) in [4.78, 5) is 33.6. The molecule has 1 aliphatic heterocycles. The smallest absolute Gasteiger partial charge is 0.259 e. The van der Waals surface area contributed by atoms with E-state index in [1.165, 1.54) is 23.1 Å². The summed E-state index contributed by atoms with van der Waals surface area (Å²) in [6, 6.07) is 5.27. The zero-order chi connectivity index (χ0) is 19.0. The lowest BCUT2D eigenvalue weighted by atomic mass is 10.2. The summed E-state index contributed by atoms with van der Waals surface area (Å²) in [5, 5.41) is 3.48. The number of thioether (sulfide) groups is 1. The topological polar surface area (TPSA) is 93.3 Å². The first-order valence-electron chi connectivity index (χ1n) is 8.27. The number of nitrogens with zero attached hydrogens (tertiary/aromatic N) is 1. The van der Waals surface area contributed by atoms with Crippen LogP contribution >= 0.6 is 23.1 Å². The van der Waals surface area contributed by atoms with E-state index in [4.69, 9.17) is 9.47 Å². The van der Waals surface area contributed by atoms with Gasteiger partial charge in [-0.2, -0.15) is 0 Å². The number of hydrogen-bond acceptors (Lipinski definition) is 7.